The number of rotatable bonds is 4. The number of nitrogens with one attached hydrogen (secondary N) is 1. The van der Waals surface area contributed by atoms with Crippen molar-refractivity contribution in [1.29, 1.82) is 0 Å². The molecule has 5 heteroatoms. The number of methoxy groups -OCH3 is 1. The first kappa shape index (κ1) is 14.9. The molecule has 0 bridgehead atoms. The van der Waals surface area contributed by atoms with Gasteiger partial charge < -0.3 is 10.1 Å². The summed E-state index contributed by atoms with van der Waals surface area (Å²) in [5.74, 6) is -0.358. The summed E-state index contributed by atoms with van der Waals surface area (Å²) in [4.78, 5) is 11.7. The van der Waals surface area contributed by atoms with Crippen molar-refractivity contribution in [2.45, 2.75) is 6.54 Å². The molecule has 1 N–H and O–H groups in total. The molecular formula is C15H13BrClNO2. The van der Waals surface area contributed by atoms with E-state index < -0.39 is 0 Å². The number of para-hydroxylation sites is 1. The van der Waals surface area contributed by atoms with Crippen molar-refractivity contribution in [1.82, 2.24) is 0 Å². The number of hydrogen-bond acceptors (Lipinski definition) is 3. The molecule has 0 atom stereocenters. The lowest BCUT2D eigenvalue weighted by molar-refractivity contribution is 0.0602. The van der Waals surface area contributed by atoms with Gasteiger partial charge in [0.2, 0.25) is 0 Å². The zero-order chi connectivity index (χ0) is 14.5. The van der Waals surface area contributed by atoms with Gasteiger partial charge in [0, 0.05) is 21.7 Å². The van der Waals surface area contributed by atoms with Crippen molar-refractivity contribution in [3.63, 3.8) is 0 Å². The largest absolute Gasteiger partial charge is 0.465 e. The van der Waals surface area contributed by atoms with E-state index in [1.54, 1.807) is 12.1 Å². The monoisotopic (exact) mass is 353 g/mol. The third-order valence-electron chi connectivity index (χ3n) is 2.82. The van der Waals surface area contributed by atoms with Crippen LogP contribution in [0.25, 0.3) is 0 Å². The van der Waals surface area contributed by atoms with E-state index in [1.165, 1.54) is 7.11 Å². The molecule has 0 aliphatic rings. The second-order valence-corrected chi connectivity index (χ2v) is 5.42. The van der Waals surface area contributed by atoms with Gasteiger partial charge in [-0.2, -0.15) is 0 Å². The van der Waals surface area contributed by atoms with Crippen LogP contribution >= 0.6 is 27.5 Å². The molecule has 0 fully saturated rings. The predicted molar refractivity (Wildman–Crippen MR) is 84.3 cm³/mol. The highest BCUT2D eigenvalue weighted by Gasteiger charge is 2.11. The minimum Gasteiger partial charge on any atom is -0.465 e. The van der Waals surface area contributed by atoms with Crippen LogP contribution in [0, 0.1) is 0 Å². The lowest BCUT2D eigenvalue weighted by atomic mass is 10.1. The third kappa shape index (κ3) is 3.52. The lowest BCUT2D eigenvalue weighted by Crippen LogP contribution is -2.08. The maximum atomic E-state index is 11.7. The molecule has 0 spiro atoms. The average Bonchev–Trinajstić information content (AvgIpc) is 2.46. The van der Waals surface area contributed by atoms with Crippen LogP contribution < -0.4 is 5.32 Å². The summed E-state index contributed by atoms with van der Waals surface area (Å²) in [7, 11) is 1.37. The zero-order valence-electron chi connectivity index (χ0n) is 10.8. The Hall–Kier alpha value is -1.52. The quantitative estimate of drug-likeness (QED) is 0.822. The molecule has 0 radical (unpaired) electrons. The summed E-state index contributed by atoms with van der Waals surface area (Å²) in [6.07, 6.45) is 0. The highest BCUT2D eigenvalue weighted by molar-refractivity contribution is 9.10. The predicted octanol–water partition coefficient (Wildman–Crippen LogP) is 4.50. The first-order valence-corrected chi connectivity index (χ1v) is 7.14. The van der Waals surface area contributed by atoms with Gasteiger partial charge in [-0.15, -0.1) is 0 Å². The Morgan fingerprint density at radius 2 is 2.05 bits per heavy atom. The summed E-state index contributed by atoms with van der Waals surface area (Å²) >= 11 is 9.37. The van der Waals surface area contributed by atoms with Gasteiger partial charge in [0.1, 0.15) is 0 Å². The summed E-state index contributed by atoms with van der Waals surface area (Å²) in [5, 5.41) is 3.91. The van der Waals surface area contributed by atoms with Crippen LogP contribution in [0.3, 0.4) is 0 Å². The second-order valence-electron chi connectivity index (χ2n) is 4.13. The van der Waals surface area contributed by atoms with Crippen molar-refractivity contribution in [3.05, 3.63) is 63.1 Å². The summed E-state index contributed by atoms with van der Waals surface area (Å²) < 4.78 is 5.69. The molecule has 0 aliphatic heterocycles. The minimum absolute atomic E-state index is 0.358. The normalized spacial score (nSPS) is 10.2. The van der Waals surface area contributed by atoms with E-state index >= 15 is 0 Å². The van der Waals surface area contributed by atoms with E-state index in [0.717, 1.165) is 15.7 Å². The van der Waals surface area contributed by atoms with E-state index in [1.807, 2.05) is 30.3 Å². The maximum absolute atomic E-state index is 11.7. The molecule has 0 aromatic heterocycles. The van der Waals surface area contributed by atoms with Crippen LogP contribution in [0.5, 0.6) is 0 Å². The Balaban J connectivity index is 2.17. The van der Waals surface area contributed by atoms with Gasteiger partial charge in [0.05, 0.1) is 12.7 Å². The Kier molecular flexibility index (Phi) is 5.04. The highest BCUT2D eigenvalue weighted by Crippen LogP contribution is 2.23. The molecule has 0 unspecified atom stereocenters. The fourth-order valence-corrected chi connectivity index (χ4v) is 2.60. The topological polar surface area (TPSA) is 38.3 Å². The highest BCUT2D eigenvalue weighted by atomic mass is 79.9. The number of anilines is 1. The molecule has 0 amide bonds. The van der Waals surface area contributed by atoms with Gasteiger partial charge in [-0.05, 0) is 29.8 Å². The summed E-state index contributed by atoms with van der Waals surface area (Å²) in [6.45, 7) is 0.575. The van der Waals surface area contributed by atoms with Crippen molar-refractivity contribution in [2.75, 3.05) is 12.4 Å². The van der Waals surface area contributed by atoms with E-state index in [2.05, 4.69) is 21.2 Å². The van der Waals surface area contributed by atoms with Crippen molar-refractivity contribution in [2.24, 2.45) is 0 Å². The number of ether oxygens (including phenoxy) is 1. The van der Waals surface area contributed by atoms with Crippen molar-refractivity contribution in [3.8, 4) is 0 Å². The van der Waals surface area contributed by atoms with Crippen molar-refractivity contribution >= 4 is 39.2 Å². The molecule has 20 heavy (non-hydrogen) atoms. The fraction of sp³-hybridized carbons (Fsp3) is 0.133. The Morgan fingerprint density at radius 3 is 2.75 bits per heavy atom. The van der Waals surface area contributed by atoms with Crippen molar-refractivity contribution < 1.29 is 9.53 Å². The van der Waals surface area contributed by atoms with Gasteiger partial charge in [-0.25, -0.2) is 4.79 Å². The first-order valence-electron chi connectivity index (χ1n) is 5.97. The molecule has 2 rings (SSSR count). The van der Waals surface area contributed by atoms with Crippen LogP contribution in [0.4, 0.5) is 5.69 Å². The smallest absolute Gasteiger partial charge is 0.339 e. The van der Waals surface area contributed by atoms with Gasteiger partial charge in [0.15, 0.2) is 0 Å². The van der Waals surface area contributed by atoms with Gasteiger partial charge in [0.25, 0.3) is 0 Å². The Labute approximate surface area is 131 Å². The molecule has 0 heterocycles. The van der Waals surface area contributed by atoms with Gasteiger partial charge in [-0.1, -0.05) is 45.7 Å². The fourth-order valence-electron chi connectivity index (χ4n) is 1.78. The standard InChI is InChI=1S/C15H13BrClNO2/c1-20-15(19)12-4-2-3-5-14(12)18-9-10-6-7-11(17)8-13(10)16/h2-8,18H,9H2,1H3. The SMILES string of the molecule is COC(=O)c1ccccc1NCc1ccc(Cl)cc1Br. The van der Waals surface area contributed by atoms with Crippen LogP contribution in [-0.4, -0.2) is 13.1 Å². The number of hydrogen-bond donors (Lipinski definition) is 1. The Morgan fingerprint density at radius 1 is 1.30 bits per heavy atom. The molecule has 0 saturated carbocycles. The summed E-state index contributed by atoms with van der Waals surface area (Å²) in [5.41, 5.74) is 2.30. The number of esters is 1. The molecule has 104 valence electrons. The van der Waals surface area contributed by atoms with E-state index in [4.69, 9.17) is 16.3 Å². The Bertz CT molecular complexity index is 631. The van der Waals surface area contributed by atoms with Crippen LogP contribution in [0.1, 0.15) is 15.9 Å². The molecule has 3 nitrogen and oxygen atoms in total. The molecule has 0 saturated heterocycles. The molecule has 2 aromatic carbocycles. The van der Waals surface area contributed by atoms with Crippen LogP contribution in [-0.2, 0) is 11.3 Å². The van der Waals surface area contributed by atoms with E-state index in [-0.39, 0.29) is 5.97 Å². The number of carbonyl (C=O) groups excluding carboxylic acids is 1. The zero-order valence-corrected chi connectivity index (χ0v) is 13.2. The lowest BCUT2D eigenvalue weighted by Gasteiger charge is -2.11. The third-order valence-corrected chi connectivity index (χ3v) is 3.79. The second kappa shape index (κ2) is 6.77. The number of benzene rings is 2. The summed E-state index contributed by atoms with van der Waals surface area (Å²) in [6, 6.07) is 12.8. The number of carbonyl (C=O) groups is 1. The maximum Gasteiger partial charge on any atom is 0.339 e. The van der Waals surface area contributed by atoms with Gasteiger partial charge >= 0.3 is 5.97 Å². The molecule has 2 aromatic rings. The number of halogens is 2. The van der Waals surface area contributed by atoms with Gasteiger partial charge in [-0.3, -0.25) is 0 Å². The average molecular weight is 355 g/mol. The van der Waals surface area contributed by atoms with E-state index in [9.17, 15) is 4.79 Å². The van der Waals surface area contributed by atoms with Crippen LogP contribution in [0.15, 0.2) is 46.9 Å². The van der Waals surface area contributed by atoms with E-state index in [0.29, 0.717) is 17.1 Å². The first-order chi connectivity index (χ1) is 9.61. The minimum atomic E-state index is -0.358. The molecule has 0 aliphatic carbocycles. The molecular weight excluding hydrogens is 342 g/mol. The van der Waals surface area contributed by atoms with Crippen LogP contribution in [0.2, 0.25) is 5.02 Å².